The third-order valence-electron chi connectivity index (χ3n) is 4.98. The van der Waals surface area contributed by atoms with Gasteiger partial charge in [0.05, 0.1) is 34.8 Å². The molecule has 3 aromatic rings. The van der Waals surface area contributed by atoms with E-state index in [9.17, 15) is 9.00 Å². The van der Waals surface area contributed by atoms with Crippen LogP contribution < -0.4 is 4.72 Å². The van der Waals surface area contributed by atoms with Crippen LogP contribution in [0.2, 0.25) is 0 Å². The predicted octanol–water partition coefficient (Wildman–Crippen LogP) is 4.79. The van der Waals surface area contributed by atoms with Gasteiger partial charge >= 0.3 is 5.97 Å². The van der Waals surface area contributed by atoms with Crippen LogP contribution in [0.15, 0.2) is 40.8 Å². The molecule has 0 aliphatic heterocycles. The van der Waals surface area contributed by atoms with Crippen molar-refractivity contribution in [3.63, 3.8) is 0 Å². The van der Waals surface area contributed by atoms with Crippen molar-refractivity contribution in [2.75, 3.05) is 7.11 Å². The van der Waals surface area contributed by atoms with E-state index < -0.39 is 21.3 Å². The minimum absolute atomic E-state index is 0.0408. The summed E-state index contributed by atoms with van der Waals surface area (Å²) >= 11 is 0. The van der Waals surface area contributed by atoms with Gasteiger partial charge in [0, 0.05) is 16.3 Å². The first kappa shape index (κ1) is 22.1. The Labute approximate surface area is 179 Å². The maximum absolute atomic E-state index is 12.9. The zero-order valence-electron chi connectivity index (χ0n) is 18.2. The van der Waals surface area contributed by atoms with E-state index in [1.54, 1.807) is 6.92 Å². The molecule has 0 saturated heterocycles. The summed E-state index contributed by atoms with van der Waals surface area (Å²) in [6, 6.07) is 11.6. The average Bonchev–Trinajstić information content (AvgIpc) is 3.04. The molecule has 30 heavy (non-hydrogen) atoms. The molecule has 6 heteroatoms. The third-order valence-corrected chi connectivity index (χ3v) is 6.72. The molecular weight excluding hydrogens is 398 g/mol. The molecule has 1 heterocycles. The van der Waals surface area contributed by atoms with Crippen LogP contribution in [0.5, 0.6) is 0 Å². The van der Waals surface area contributed by atoms with Gasteiger partial charge in [0.25, 0.3) is 0 Å². The molecule has 0 unspecified atom stereocenters. The lowest BCUT2D eigenvalue weighted by Gasteiger charge is -2.33. The number of hydrogen-bond donors (Lipinski definition) is 1. The smallest absolute Gasteiger partial charge is 0.307 e. The summed E-state index contributed by atoms with van der Waals surface area (Å²) in [6.45, 7) is 9.33. The van der Waals surface area contributed by atoms with E-state index in [2.05, 4.69) is 16.6 Å². The monoisotopic (exact) mass is 425 g/mol. The highest BCUT2D eigenvalue weighted by Gasteiger charge is 2.35. The summed E-state index contributed by atoms with van der Waals surface area (Å²) in [5, 5.41) is 1.87. The van der Waals surface area contributed by atoms with Gasteiger partial charge < -0.3 is 9.15 Å². The SMILES string of the molecule is CC#Cc1ccc2oc3ccc([C@](C)(CC(=O)OC)N[S@](=O)C(C)(C)C)cc3c2c1. The molecule has 0 fully saturated rings. The zero-order valence-corrected chi connectivity index (χ0v) is 19.0. The van der Waals surface area contributed by atoms with E-state index in [4.69, 9.17) is 9.15 Å². The number of nitrogens with one attached hydrogen (secondary N) is 1. The summed E-state index contributed by atoms with van der Waals surface area (Å²) in [5.74, 6) is 5.60. The van der Waals surface area contributed by atoms with Crippen LogP contribution in [-0.4, -0.2) is 22.0 Å². The number of ether oxygens (including phenoxy) is 1. The molecule has 0 radical (unpaired) electrons. The van der Waals surface area contributed by atoms with E-state index in [0.29, 0.717) is 0 Å². The first-order valence-electron chi connectivity index (χ1n) is 9.73. The topological polar surface area (TPSA) is 68.5 Å². The van der Waals surface area contributed by atoms with E-state index in [1.165, 1.54) is 7.11 Å². The summed E-state index contributed by atoms with van der Waals surface area (Å²) in [7, 11) is -0.0290. The number of rotatable bonds is 5. The highest BCUT2D eigenvalue weighted by molar-refractivity contribution is 7.84. The number of esters is 1. The van der Waals surface area contributed by atoms with Gasteiger partial charge in [0.2, 0.25) is 0 Å². The van der Waals surface area contributed by atoms with Gasteiger partial charge in [0.15, 0.2) is 0 Å². The lowest BCUT2D eigenvalue weighted by atomic mass is 9.88. The molecule has 0 amide bonds. The highest BCUT2D eigenvalue weighted by atomic mass is 32.2. The second-order valence-corrected chi connectivity index (χ2v) is 10.4. The Hall–Kier alpha value is -2.62. The summed E-state index contributed by atoms with van der Waals surface area (Å²) in [4.78, 5) is 12.2. The highest BCUT2D eigenvalue weighted by Crippen LogP contribution is 2.35. The van der Waals surface area contributed by atoms with Crippen LogP contribution in [-0.2, 0) is 26.1 Å². The maximum Gasteiger partial charge on any atom is 0.307 e. The minimum atomic E-state index is -1.38. The van der Waals surface area contributed by atoms with Crippen molar-refractivity contribution >= 4 is 38.9 Å². The second kappa shape index (κ2) is 8.25. The van der Waals surface area contributed by atoms with Gasteiger partial charge in [0.1, 0.15) is 11.2 Å². The molecule has 0 spiro atoms. The first-order chi connectivity index (χ1) is 14.1. The molecule has 0 aliphatic rings. The summed E-state index contributed by atoms with van der Waals surface area (Å²) < 4.78 is 26.4. The predicted molar refractivity (Wildman–Crippen MR) is 121 cm³/mol. The van der Waals surface area contributed by atoms with Crippen LogP contribution in [0.3, 0.4) is 0 Å². The molecule has 2 atom stereocenters. The molecule has 3 rings (SSSR count). The molecule has 0 saturated carbocycles. The fourth-order valence-corrected chi connectivity index (χ4v) is 4.16. The number of carbonyl (C=O) groups is 1. The number of fused-ring (bicyclic) bond motifs is 3. The lowest BCUT2D eigenvalue weighted by Crippen LogP contribution is -2.47. The quantitative estimate of drug-likeness (QED) is 0.471. The summed E-state index contributed by atoms with van der Waals surface area (Å²) in [6.07, 6.45) is 0.0408. The van der Waals surface area contributed by atoms with E-state index in [0.717, 1.165) is 33.1 Å². The van der Waals surface area contributed by atoms with Crippen LogP contribution in [0, 0.1) is 11.8 Å². The molecule has 0 bridgehead atoms. The van der Waals surface area contributed by atoms with Gasteiger partial charge in [-0.15, -0.1) is 5.92 Å². The molecule has 1 aromatic heterocycles. The third kappa shape index (κ3) is 4.43. The van der Waals surface area contributed by atoms with Gasteiger partial charge in [-0.2, -0.15) is 0 Å². The number of carbonyl (C=O) groups excluding carboxylic acids is 1. The standard InChI is InChI=1S/C24H27NO4S/c1-7-8-16-9-11-20-18(13-16)19-14-17(10-12-21(19)29-20)24(5,15-22(26)28-6)25-30(27)23(2,3)4/h9-14,25H,15H2,1-6H3/t24-,30+/m0/s1. The van der Waals surface area contributed by atoms with Gasteiger partial charge in [-0.1, -0.05) is 12.0 Å². The van der Waals surface area contributed by atoms with Gasteiger partial charge in [-0.3, -0.25) is 4.79 Å². The van der Waals surface area contributed by atoms with Crippen molar-refractivity contribution in [1.82, 2.24) is 4.72 Å². The number of furan rings is 1. The largest absolute Gasteiger partial charge is 0.469 e. The Balaban J connectivity index is 2.16. The molecular formula is C24H27NO4S. The van der Waals surface area contributed by atoms with E-state index in [1.807, 2.05) is 64.1 Å². The Morgan fingerprint density at radius 1 is 1.10 bits per heavy atom. The zero-order chi connectivity index (χ0) is 22.1. The van der Waals surface area contributed by atoms with Crippen molar-refractivity contribution < 1.29 is 18.2 Å². The first-order valence-corrected chi connectivity index (χ1v) is 10.9. The average molecular weight is 426 g/mol. The molecule has 158 valence electrons. The fraction of sp³-hybridized carbons (Fsp3) is 0.375. The molecule has 2 aromatic carbocycles. The van der Waals surface area contributed by atoms with Crippen molar-refractivity contribution in [3.05, 3.63) is 47.5 Å². The van der Waals surface area contributed by atoms with Crippen molar-refractivity contribution in [2.45, 2.75) is 51.3 Å². The minimum Gasteiger partial charge on any atom is -0.469 e. The molecule has 1 N–H and O–H groups in total. The van der Waals surface area contributed by atoms with Crippen molar-refractivity contribution in [1.29, 1.82) is 0 Å². The Kier molecular flexibility index (Phi) is 6.07. The van der Waals surface area contributed by atoms with Crippen molar-refractivity contribution in [2.24, 2.45) is 0 Å². The Morgan fingerprint density at radius 3 is 2.33 bits per heavy atom. The Bertz CT molecular complexity index is 1190. The number of benzene rings is 2. The normalized spacial score (nSPS) is 14.7. The van der Waals surface area contributed by atoms with E-state index >= 15 is 0 Å². The van der Waals surface area contributed by atoms with Crippen LogP contribution in [0.1, 0.15) is 52.2 Å². The van der Waals surface area contributed by atoms with Crippen LogP contribution >= 0.6 is 0 Å². The summed E-state index contributed by atoms with van der Waals surface area (Å²) in [5.41, 5.74) is 2.36. The van der Waals surface area contributed by atoms with Crippen molar-refractivity contribution in [3.8, 4) is 11.8 Å². The van der Waals surface area contributed by atoms with Gasteiger partial charge in [-0.05, 0) is 70.5 Å². The van der Waals surface area contributed by atoms with Crippen LogP contribution in [0.4, 0.5) is 0 Å². The Morgan fingerprint density at radius 2 is 1.73 bits per heavy atom. The number of methoxy groups -OCH3 is 1. The maximum atomic E-state index is 12.9. The second-order valence-electron chi connectivity index (χ2n) is 8.47. The van der Waals surface area contributed by atoms with E-state index in [-0.39, 0.29) is 12.4 Å². The lowest BCUT2D eigenvalue weighted by molar-refractivity contribution is -0.142. The molecule has 5 nitrogen and oxygen atoms in total. The van der Waals surface area contributed by atoms with Gasteiger partial charge in [-0.25, -0.2) is 8.93 Å². The molecule has 0 aliphatic carbocycles. The fourth-order valence-electron chi connectivity index (χ4n) is 3.26. The van der Waals surface area contributed by atoms with Crippen LogP contribution in [0.25, 0.3) is 21.9 Å². The number of hydrogen-bond acceptors (Lipinski definition) is 4.